The summed E-state index contributed by atoms with van der Waals surface area (Å²) in [5.41, 5.74) is 21.8. The number of benzene rings is 9. The van der Waals surface area contributed by atoms with Crippen LogP contribution >= 0.6 is 0 Å². The van der Waals surface area contributed by atoms with E-state index >= 15 is 0 Å². The average molecular weight is 938 g/mol. The van der Waals surface area contributed by atoms with Crippen LogP contribution in [-0.4, -0.2) is 6.71 Å². The molecule has 72 heavy (non-hydrogen) atoms. The topological polar surface area (TPSA) is 9.72 Å². The minimum Gasteiger partial charge on any atom is -0.311 e. The standard InChI is InChI=1S/C68H68BN3/c1-65(2,3)47-28-34-52(35-29-47)71-59-41-49(67(7,8)9)32-39-57(59)69-58-40-33-50(68(10,11)12)42-60(58)72(53-36-30-48(31-37-53)66(4,5)6)62-44-54(43-61(71)63(62)69)70(51-24-17-14-18-25-51)64-55-26-20-19-23-46(55)27-38-56(64)45-21-15-13-16-22-45/h13-44H,1-12H3. The highest BCUT2D eigenvalue weighted by Gasteiger charge is 2.45. The highest BCUT2D eigenvalue weighted by Crippen LogP contribution is 2.51. The molecule has 0 aromatic heterocycles. The maximum Gasteiger partial charge on any atom is 0.252 e. The Balaban J connectivity index is 1.31. The van der Waals surface area contributed by atoms with Crippen molar-refractivity contribution in [2.24, 2.45) is 0 Å². The predicted octanol–water partition coefficient (Wildman–Crippen LogP) is 17.2. The Bertz CT molecular complexity index is 3340. The second-order valence-electron chi connectivity index (χ2n) is 24.4. The van der Waals surface area contributed by atoms with Gasteiger partial charge in [-0.25, -0.2) is 0 Å². The fourth-order valence-electron chi connectivity index (χ4n) is 11.1. The number of nitrogens with zero attached hydrogens (tertiary/aromatic N) is 3. The zero-order valence-corrected chi connectivity index (χ0v) is 44.4. The van der Waals surface area contributed by atoms with Gasteiger partial charge in [0.05, 0.1) is 11.4 Å². The first-order valence-electron chi connectivity index (χ1n) is 26.0. The van der Waals surface area contributed by atoms with E-state index in [1.54, 1.807) is 0 Å². The summed E-state index contributed by atoms with van der Waals surface area (Å²) >= 11 is 0. The summed E-state index contributed by atoms with van der Waals surface area (Å²) in [5, 5.41) is 2.39. The van der Waals surface area contributed by atoms with Gasteiger partial charge >= 0.3 is 0 Å². The van der Waals surface area contributed by atoms with E-state index in [9.17, 15) is 0 Å². The van der Waals surface area contributed by atoms with E-state index in [1.807, 2.05) is 0 Å². The fourth-order valence-corrected chi connectivity index (χ4v) is 11.1. The van der Waals surface area contributed by atoms with Crippen LogP contribution in [0.25, 0.3) is 21.9 Å². The van der Waals surface area contributed by atoms with E-state index in [2.05, 4.69) is 292 Å². The van der Waals surface area contributed by atoms with Crippen molar-refractivity contribution in [3.8, 4) is 11.1 Å². The van der Waals surface area contributed by atoms with Gasteiger partial charge in [-0.15, -0.1) is 0 Å². The van der Waals surface area contributed by atoms with Crippen molar-refractivity contribution in [2.45, 2.75) is 105 Å². The van der Waals surface area contributed by atoms with Gasteiger partial charge in [0.1, 0.15) is 0 Å². The van der Waals surface area contributed by atoms with E-state index in [-0.39, 0.29) is 28.4 Å². The molecule has 0 radical (unpaired) electrons. The molecule has 0 aliphatic carbocycles. The third-order valence-electron chi connectivity index (χ3n) is 15.3. The minimum atomic E-state index is -0.0709. The maximum absolute atomic E-state index is 2.59. The van der Waals surface area contributed by atoms with Crippen LogP contribution in [0.2, 0.25) is 0 Å². The van der Waals surface area contributed by atoms with Gasteiger partial charge in [0.15, 0.2) is 0 Å². The Labute approximate surface area is 429 Å². The molecule has 2 aliphatic heterocycles. The molecule has 11 rings (SSSR count). The summed E-state index contributed by atoms with van der Waals surface area (Å²) in [5.74, 6) is 0. The number of hydrogen-bond donors (Lipinski definition) is 0. The zero-order chi connectivity index (χ0) is 50.5. The number of anilines is 9. The smallest absolute Gasteiger partial charge is 0.252 e. The third kappa shape index (κ3) is 8.19. The first-order valence-corrected chi connectivity index (χ1v) is 26.0. The molecule has 9 aromatic carbocycles. The van der Waals surface area contributed by atoms with Crippen molar-refractivity contribution in [2.75, 3.05) is 14.7 Å². The lowest BCUT2D eigenvalue weighted by Crippen LogP contribution is -2.61. The van der Waals surface area contributed by atoms with Crippen LogP contribution in [-0.2, 0) is 21.7 Å². The van der Waals surface area contributed by atoms with E-state index in [4.69, 9.17) is 0 Å². The molecule has 9 aromatic rings. The Morgan fingerprint density at radius 3 is 1.26 bits per heavy atom. The molecule has 0 amide bonds. The molecule has 0 saturated heterocycles. The van der Waals surface area contributed by atoms with E-state index < -0.39 is 0 Å². The van der Waals surface area contributed by atoms with Crippen molar-refractivity contribution in [3.63, 3.8) is 0 Å². The monoisotopic (exact) mass is 938 g/mol. The minimum absolute atomic E-state index is 0.00563. The zero-order valence-electron chi connectivity index (χ0n) is 44.4. The van der Waals surface area contributed by atoms with Crippen LogP contribution in [0.3, 0.4) is 0 Å². The molecule has 4 heteroatoms. The van der Waals surface area contributed by atoms with Gasteiger partial charge in [-0.05, 0) is 132 Å². The summed E-state index contributed by atoms with van der Waals surface area (Å²) in [4.78, 5) is 7.73. The number of para-hydroxylation sites is 1. The summed E-state index contributed by atoms with van der Waals surface area (Å²) < 4.78 is 0. The molecule has 0 N–H and O–H groups in total. The second kappa shape index (κ2) is 17.2. The summed E-state index contributed by atoms with van der Waals surface area (Å²) in [6, 6.07) is 73.9. The van der Waals surface area contributed by atoms with Gasteiger partial charge < -0.3 is 14.7 Å². The lowest BCUT2D eigenvalue weighted by molar-refractivity contribution is 0.590. The van der Waals surface area contributed by atoms with Crippen LogP contribution in [0.15, 0.2) is 194 Å². The largest absolute Gasteiger partial charge is 0.311 e. The van der Waals surface area contributed by atoms with Crippen LogP contribution in [0.5, 0.6) is 0 Å². The van der Waals surface area contributed by atoms with Crippen molar-refractivity contribution in [1.29, 1.82) is 0 Å². The van der Waals surface area contributed by atoms with Gasteiger partial charge in [0.25, 0.3) is 6.71 Å². The molecule has 0 fully saturated rings. The molecule has 2 aliphatic rings. The number of rotatable bonds is 6. The molecule has 0 atom stereocenters. The van der Waals surface area contributed by atoms with Crippen LogP contribution in [0.4, 0.5) is 51.2 Å². The summed E-state index contributed by atoms with van der Waals surface area (Å²) in [6.45, 7) is 27.8. The molecule has 2 heterocycles. The van der Waals surface area contributed by atoms with Crippen LogP contribution in [0, 0.1) is 0 Å². The first kappa shape index (κ1) is 47.1. The van der Waals surface area contributed by atoms with E-state index in [1.165, 1.54) is 83.3 Å². The number of hydrogen-bond acceptors (Lipinski definition) is 3. The normalized spacial score (nSPS) is 13.5. The summed E-state index contributed by atoms with van der Waals surface area (Å²) in [6.07, 6.45) is 0. The van der Waals surface area contributed by atoms with Crippen molar-refractivity contribution in [3.05, 3.63) is 216 Å². The maximum atomic E-state index is 2.59. The average Bonchev–Trinajstić information content (AvgIpc) is 3.35. The first-order chi connectivity index (χ1) is 34.3. The molecule has 358 valence electrons. The molecule has 0 spiro atoms. The number of fused-ring (bicyclic) bond motifs is 5. The van der Waals surface area contributed by atoms with Gasteiger partial charge in [0, 0.05) is 50.8 Å². The van der Waals surface area contributed by atoms with E-state index in [0.29, 0.717) is 0 Å². The summed E-state index contributed by atoms with van der Waals surface area (Å²) in [7, 11) is 0. The molecular formula is C68H68BN3. The quantitative estimate of drug-likeness (QED) is 0.154. The van der Waals surface area contributed by atoms with Crippen molar-refractivity contribution < 1.29 is 0 Å². The Morgan fingerprint density at radius 1 is 0.361 bits per heavy atom. The van der Waals surface area contributed by atoms with Gasteiger partial charge in [-0.1, -0.05) is 217 Å². The van der Waals surface area contributed by atoms with Crippen molar-refractivity contribution in [1.82, 2.24) is 0 Å². The highest BCUT2D eigenvalue weighted by molar-refractivity contribution is 7.00. The molecular weight excluding hydrogens is 870 g/mol. The molecule has 0 bridgehead atoms. The molecule has 0 saturated carbocycles. The Kier molecular flexibility index (Phi) is 11.2. The SMILES string of the molecule is CC(C)(C)c1ccc(N2c3cc(C(C)(C)C)ccc3B3c4ccc(C(C)(C)C)cc4N(c4ccc(C(C)(C)C)cc4)c4cc(N(c5ccccc5)c5c(-c6ccccc6)ccc6ccccc56)cc2c43)cc1. The Morgan fingerprint density at radius 2 is 0.792 bits per heavy atom. The predicted molar refractivity (Wildman–Crippen MR) is 313 cm³/mol. The molecule has 3 nitrogen and oxygen atoms in total. The van der Waals surface area contributed by atoms with Crippen LogP contribution < -0.4 is 31.1 Å². The molecule has 0 unspecified atom stereocenters. The van der Waals surface area contributed by atoms with Crippen LogP contribution in [0.1, 0.15) is 105 Å². The lowest BCUT2D eigenvalue weighted by Gasteiger charge is -2.46. The van der Waals surface area contributed by atoms with Gasteiger partial charge in [0.2, 0.25) is 0 Å². The van der Waals surface area contributed by atoms with Crippen molar-refractivity contribution >= 4 is 85.1 Å². The Hall–Kier alpha value is -7.30. The van der Waals surface area contributed by atoms with E-state index in [0.717, 1.165) is 28.4 Å². The lowest BCUT2D eigenvalue weighted by atomic mass is 9.33. The van der Waals surface area contributed by atoms with Gasteiger partial charge in [-0.3, -0.25) is 0 Å². The van der Waals surface area contributed by atoms with Gasteiger partial charge in [-0.2, -0.15) is 0 Å². The third-order valence-corrected chi connectivity index (χ3v) is 15.3. The highest BCUT2D eigenvalue weighted by atomic mass is 15.2. The fraction of sp³-hybridized carbons (Fsp3) is 0.235. The second-order valence-corrected chi connectivity index (χ2v) is 24.4.